The number of amides is 1. The van der Waals surface area contributed by atoms with E-state index in [0.29, 0.717) is 12.4 Å². The fraction of sp³-hybridized carbons (Fsp3) is 0.269. The number of anilines is 1. The van der Waals surface area contributed by atoms with Gasteiger partial charge in [0, 0.05) is 41.3 Å². The van der Waals surface area contributed by atoms with E-state index in [1.165, 1.54) is 12.1 Å². The lowest BCUT2D eigenvalue weighted by molar-refractivity contribution is 0.184. The van der Waals surface area contributed by atoms with Crippen molar-refractivity contribution in [3.8, 4) is 11.3 Å². The highest BCUT2D eigenvalue weighted by molar-refractivity contribution is 5.92. The summed E-state index contributed by atoms with van der Waals surface area (Å²) in [5, 5.41) is 16.0. The number of fused-ring (bicyclic) bond motifs is 1. The van der Waals surface area contributed by atoms with E-state index >= 15 is 0 Å². The maximum absolute atomic E-state index is 13.5. The molecule has 8 heteroatoms. The highest BCUT2D eigenvalue weighted by Crippen LogP contribution is 2.36. The summed E-state index contributed by atoms with van der Waals surface area (Å²) in [6.45, 7) is 0.474. The highest BCUT2D eigenvalue weighted by Gasteiger charge is 2.26. The van der Waals surface area contributed by atoms with E-state index in [9.17, 15) is 9.18 Å². The minimum absolute atomic E-state index is 0.0300. The van der Waals surface area contributed by atoms with Crippen molar-refractivity contribution in [2.75, 3.05) is 5.32 Å². The molecule has 1 aromatic carbocycles. The fourth-order valence-electron chi connectivity index (χ4n) is 4.79. The molecule has 0 spiro atoms. The third-order valence-corrected chi connectivity index (χ3v) is 6.38. The number of halogens is 1. The second kappa shape index (κ2) is 9.51. The molecule has 2 unspecified atom stereocenters. The van der Waals surface area contributed by atoms with Crippen molar-refractivity contribution < 1.29 is 14.3 Å². The Labute approximate surface area is 196 Å². The number of rotatable bonds is 6. The molecule has 2 atom stereocenters. The van der Waals surface area contributed by atoms with Crippen molar-refractivity contribution in [1.82, 2.24) is 20.3 Å². The quantitative estimate of drug-likeness (QED) is 0.297. The molecule has 1 saturated carbocycles. The Bertz CT molecular complexity index is 1320. The maximum Gasteiger partial charge on any atom is 0.404 e. The van der Waals surface area contributed by atoms with Crippen molar-refractivity contribution in [2.45, 2.75) is 44.2 Å². The van der Waals surface area contributed by atoms with Crippen molar-refractivity contribution in [2.24, 2.45) is 0 Å². The first kappa shape index (κ1) is 21.9. The van der Waals surface area contributed by atoms with Crippen LogP contribution >= 0.6 is 0 Å². The molecule has 174 valence electrons. The summed E-state index contributed by atoms with van der Waals surface area (Å²) in [5.41, 5.74) is 4.50. The number of aromatic amines is 1. The number of hydrogen-bond donors (Lipinski definition) is 4. The number of benzene rings is 1. The van der Waals surface area contributed by atoms with Crippen LogP contribution in [0.4, 0.5) is 15.0 Å². The zero-order chi connectivity index (χ0) is 23.5. The van der Waals surface area contributed by atoms with Crippen LogP contribution in [0.1, 0.15) is 42.9 Å². The molecule has 1 aliphatic rings. The average Bonchev–Trinajstić information content (AvgIpc) is 3.27. The first-order chi connectivity index (χ1) is 16.5. The van der Waals surface area contributed by atoms with Crippen LogP contribution < -0.4 is 10.6 Å². The lowest BCUT2D eigenvalue weighted by Gasteiger charge is -2.28. The van der Waals surface area contributed by atoms with Crippen LogP contribution in [0.2, 0.25) is 0 Å². The number of nitrogens with one attached hydrogen (secondary N) is 3. The number of nitrogens with zero attached hydrogens (tertiary/aromatic N) is 2. The zero-order valence-corrected chi connectivity index (χ0v) is 18.6. The van der Waals surface area contributed by atoms with Gasteiger partial charge in [0.1, 0.15) is 17.3 Å². The predicted molar refractivity (Wildman–Crippen MR) is 129 cm³/mol. The second-order valence-corrected chi connectivity index (χ2v) is 8.75. The minimum Gasteiger partial charge on any atom is -0.465 e. The maximum atomic E-state index is 13.5. The lowest BCUT2D eigenvalue weighted by atomic mass is 9.84. The van der Waals surface area contributed by atoms with Crippen LogP contribution in [0.5, 0.6) is 0 Å². The Morgan fingerprint density at radius 3 is 2.88 bits per heavy atom. The van der Waals surface area contributed by atoms with Crippen molar-refractivity contribution in [3.05, 3.63) is 77.9 Å². The van der Waals surface area contributed by atoms with Gasteiger partial charge in [-0.3, -0.25) is 0 Å². The highest BCUT2D eigenvalue weighted by atomic mass is 19.1. The fourth-order valence-corrected chi connectivity index (χ4v) is 4.79. The van der Waals surface area contributed by atoms with Crippen molar-refractivity contribution in [3.63, 3.8) is 0 Å². The normalized spacial score (nSPS) is 18.0. The van der Waals surface area contributed by atoms with Gasteiger partial charge in [-0.1, -0.05) is 24.6 Å². The molecule has 1 amide bonds. The van der Waals surface area contributed by atoms with E-state index in [2.05, 4.69) is 26.7 Å². The van der Waals surface area contributed by atoms with E-state index in [1.54, 1.807) is 12.3 Å². The topological polar surface area (TPSA) is 103 Å². The Kier molecular flexibility index (Phi) is 6.12. The Balaban J connectivity index is 1.38. The number of hydrogen-bond acceptors (Lipinski definition) is 4. The molecule has 0 aliphatic heterocycles. The van der Waals surface area contributed by atoms with Crippen LogP contribution in [0.3, 0.4) is 0 Å². The van der Waals surface area contributed by atoms with Gasteiger partial charge < -0.3 is 20.7 Å². The summed E-state index contributed by atoms with van der Waals surface area (Å²) >= 11 is 0. The molecule has 34 heavy (non-hydrogen) atoms. The van der Waals surface area contributed by atoms with Gasteiger partial charge in [-0.25, -0.2) is 19.2 Å². The summed E-state index contributed by atoms with van der Waals surface area (Å²) in [5.74, 6) is 0.698. The third-order valence-electron chi connectivity index (χ3n) is 6.38. The van der Waals surface area contributed by atoms with Gasteiger partial charge in [0.2, 0.25) is 0 Å². The van der Waals surface area contributed by atoms with Crippen LogP contribution in [0.15, 0.2) is 60.8 Å². The summed E-state index contributed by atoms with van der Waals surface area (Å²) < 4.78 is 13.5. The molecule has 4 N–H and O–H groups in total. The summed E-state index contributed by atoms with van der Waals surface area (Å²) in [7, 11) is 0. The summed E-state index contributed by atoms with van der Waals surface area (Å²) in [4.78, 5) is 23.8. The van der Waals surface area contributed by atoms with Gasteiger partial charge in [0.25, 0.3) is 0 Å². The largest absolute Gasteiger partial charge is 0.465 e. The molecule has 0 bridgehead atoms. The monoisotopic (exact) mass is 459 g/mol. The Morgan fingerprint density at radius 2 is 2.03 bits per heavy atom. The van der Waals surface area contributed by atoms with Gasteiger partial charge in [-0.2, -0.15) is 0 Å². The van der Waals surface area contributed by atoms with Crippen LogP contribution in [-0.2, 0) is 6.54 Å². The summed E-state index contributed by atoms with van der Waals surface area (Å²) in [6.07, 6.45) is 4.42. The molecule has 0 saturated heterocycles. The SMILES string of the molecule is O=C(O)NC1CCCC(c2cc3c(-c4cccc(NCc5cccc(F)c5)n4)ccnc3[nH]2)C1. The first-order valence-electron chi connectivity index (χ1n) is 11.5. The van der Waals surface area contributed by atoms with Crippen molar-refractivity contribution in [1.29, 1.82) is 0 Å². The number of carbonyl (C=O) groups is 1. The molecular formula is C26H26FN5O2. The smallest absolute Gasteiger partial charge is 0.404 e. The molecule has 3 aromatic heterocycles. The number of H-pyrrole nitrogens is 1. The molecule has 1 aliphatic carbocycles. The average molecular weight is 460 g/mol. The summed E-state index contributed by atoms with van der Waals surface area (Å²) in [6, 6.07) is 16.3. The van der Waals surface area contributed by atoms with E-state index < -0.39 is 6.09 Å². The molecule has 5 rings (SSSR count). The standard InChI is InChI=1S/C26H26FN5O2/c27-18-6-1-4-16(12-18)15-29-24-9-3-8-22(31-24)20-10-11-28-25-21(20)14-23(32-25)17-5-2-7-19(13-17)30-26(33)34/h1,3-4,6,8-12,14,17,19,30H,2,5,7,13,15H2,(H,28,32)(H,29,31)(H,33,34). The molecule has 3 heterocycles. The third kappa shape index (κ3) is 4.85. The number of carboxylic acid groups (broad SMARTS) is 1. The molecular weight excluding hydrogens is 433 g/mol. The minimum atomic E-state index is -0.969. The van der Waals surface area contributed by atoms with Gasteiger partial charge in [-0.15, -0.1) is 0 Å². The van der Waals surface area contributed by atoms with Gasteiger partial charge in [0.15, 0.2) is 0 Å². The van der Waals surface area contributed by atoms with Crippen molar-refractivity contribution >= 4 is 22.9 Å². The molecule has 1 fully saturated rings. The van der Waals surface area contributed by atoms with Crippen LogP contribution in [0.25, 0.3) is 22.3 Å². The molecule has 0 radical (unpaired) electrons. The Morgan fingerprint density at radius 1 is 1.15 bits per heavy atom. The van der Waals surface area contributed by atoms with Gasteiger partial charge >= 0.3 is 6.09 Å². The van der Waals surface area contributed by atoms with E-state index in [1.807, 2.05) is 30.3 Å². The van der Waals surface area contributed by atoms with Gasteiger partial charge in [-0.05, 0) is 61.2 Å². The van der Waals surface area contributed by atoms with E-state index in [-0.39, 0.29) is 17.8 Å². The van der Waals surface area contributed by atoms with Crippen LogP contribution in [0, 0.1) is 5.82 Å². The number of aromatic nitrogens is 3. The Hall–Kier alpha value is -3.94. The number of pyridine rings is 2. The predicted octanol–water partition coefficient (Wildman–Crippen LogP) is 5.67. The first-order valence-corrected chi connectivity index (χ1v) is 11.5. The van der Waals surface area contributed by atoms with Crippen LogP contribution in [-0.4, -0.2) is 32.2 Å². The second-order valence-electron chi connectivity index (χ2n) is 8.75. The molecule has 7 nitrogen and oxygen atoms in total. The molecule has 4 aromatic rings. The zero-order valence-electron chi connectivity index (χ0n) is 18.6. The van der Waals surface area contributed by atoms with E-state index in [4.69, 9.17) is 10.1 Å². The van der Waals surface area contributed by atoms with E-state index in [0.717, 1.165) is 59.2 Å². The lowest BCUT2D eigenvalue weighted by Crippen LogP contribution is -2.37. The van der Waals surface area contributed by atoms with Gasteiger partial charge in [0.05, 0.1) is 5.69 Å².